The summed E-state index contributed by atoms with van der Waals surface area (Å²) in [6, 6.07) is 11.2. The third-order valence-corrected chi connectivity index (χ3v) is 4.59. The molecule has 5 nitrogen and oxygen atoms in total. The van der Waals surface area contributed by atoms with Crippen molar-refractivity contribution < 1.29 is 5.11 Å². The van der Waals surface area contributed by atoms with Crippen LogP contribution < -0.4 is 11.1 Å². The first-order valence-corrected chi connectivity index (χ1v) is 8.23. The molecule has 3 rings (SSSR count). The van der Waals surface area contributed by atoms with Gasteiger partial charge in [-0.3, -0.25) is 9.89 Å². The van der Waals surface area contributed by atoms with Crippen molar-refractivity contribution in [1.82, 2.24) is 10.2 Å². The third-order valence-electron chi connectivity index (χ3n) is 4.59. The van der Waals surface area contributed by atoms with Crippen LogP contribution in [0.25, 0.3) is 0 Å². The average Bonchev–Trinajstić information content (AvgIpc) is 2.49. The van der Waals surface area contributed by atoms with Gasteiger partial charge in [-0.05, 0) is 31.2 Å². The second-order valence-electron chi connectivity index (χ2n) is 6.47. The fraction of sp³-hybridized carbons (Fsp3) is 0.588. The van der Waals surface area contributed by atoms with E-state index in [1.54, 1.807) is 0 Å². The summed E-state index contributed by atoms with van der Waals surface area (Å²) in [6.07, 6.45) is 3.52. The van der Waals surface area contributed by atoms with Crippen LogP contribution >= 0.6 is 0 Å². The van der Waals surface area contributed by atoms with E-state index in [-0.39, 0.29) is 6.10 Å². The van der Waals surface area contributed by atoms with E-state index in [0.717, 1.165) is 45.3 Å². The molecule has 1 saturated heterocycles. The molecule has 120 valence electrons. The minimum Gasteiger partial charge on any atom is -0.393 e. The van der Waals surface area contributed by atoms with Gasteiger partial charge in [-0.15, -0.1) is 0 Å². The summed E-state index contributed by atoms with van der Waals surface area (Å²) in [7, 11) is 0. The number of piperidine rings is 1. The largest absolute Gasteiger partial charge is 0.393 e. The number of rotatable bonds is 4. The van der Waals surface area contributed by atoms with Crippen LogP contribution in [-0.2, 0) is 6.54 Å². The van der Waals surface area contributed by atoms with Crippen molar-refractivity contribution in [3.63, 3.8) is 0 Å². The third kappa shape index (κ3) is 4.21. The SMILES string of the molecule is NC(=NC1CCN(Cc2ccccc2)CC1)NC1CC(O)C1. The van der Waals surface area contributed by atoms with Crippen LogP contribution in [-0.4, -0.2) is 47.2 Å². The highest BCUT2D eigenvalue weighted by Gasteiger charge is 2.27. The van der Waals surface area contributed by atoms with Gasteiger partial charge in [0.15, 0.2) is 5.96 Å². The minimum atomic E-state index is -0.161. The van der Waals surface area contributed by atoms with Crippen LogP contribution in [0, 0.1) is 0 Å². The Hall–Kier alpha value is -1.59. The monoisotopic (exact) mass is 302 g/mol. The molecule has 0 atom stereocenters. The van der Waals surface area contributed by atoms with Crippen LogP contribution in [0.1, 0.15) is 31.2 Å². The quantitative estimate of drug-likeness (QED) is 0.575. The van der Waals surface area contributed by atoms with E-state index in [1.807, 2.05) is 0 Å². The van der Waals surface area contributed by atoms with Gasteiger partial charge in [0.2, 0.25) is 0 Å². The van der Waals surface area contributed by atoms with Gasteiger partial charge in [-0.2, -0.15) is 0 Å². The first-order valence-electron chi connectivity index (χ1n) is 8.23. The predicted molar refractivity (Wildman–Crippen MR) is 88.5 cm³/mol. The van der Waals surface area contributed by atoms with Gasteiger partial charge >= 0.3 is 0 Å². The molecule has 5 heteroatoms. The molecule has 1 aromatic carbocycles. The maximum Gasteiger partial charge on any atom is 0.189 e. The summed E-state index contributed by atoms with van der Waals surface area (Å²) in [5.74, 6) is 0.540. The van der Waals surface area contributed by atoms with Crippen molar-refractivity contribution in [3.05, 3.63) is 35.9 Å². The Morgan fingerprint density at radius 2 is 1.91 bits per heavy atom. The Morgan fingerprint density at radius 3 is 2.55 bits per heavy atom. The van der Waals surface area contributed by atoms with Crippen LogP contribution in [0.3, 0.4) is 0 Å². The minimum absolute atomic E-state index is 0.161. The molecule has 22 heavy (non-hydrogen) atoms. The van der Waals surface area contributed by atoms with Gasteiger partial charge in [0.1, 0.15) is 0 Å². The summed E-state index contributed by atoms with van der Waals surface area (Å²) >= 11 is 0. The van der Waals surface area contributed by atoms with Crippen LogP contribution in [0.15, 0.2) is 35.3 Å². The molecule has 0 amide bonds. The fourth-order valence-electron chi connectivity index (χ4n) is 3.20. The summed E-state index contributed by atoms with van der Waals surface area (Å²) in [5.41, 5.74) is 7.33. The van der Waals surface area contributed by atoms with E-state index < -0.39 is 0 Å². The number of aliphatic hydroxyl groups is 1. The van der Waals surface area contributed by atoms with E-state index in [0.29, 0.717) is 18.0 Å². The van der Waals surface area contributed by atoms with Crippen molar-refractivity contribution in [2.45, 2.75) is 50.4 Å². The number of likely N-dealkylation sites (tertiary alicyclic amines) is 1. The van der Waals surface area contributed by atoms with Gasteiger partial charge in [0.05, 0.1) is 12.1 Å². The normalized spacial score (nSPS) is 27.4. The second kappa shape index (κ2) is 7.11. The molecule has 0 unspecified atom stereocenters. The van der Waals surface area contributed by atoms with Crippen LogP contribution in [0.4, 0.5) is 0 Å². The van der Waals surface area contributed by atoms with Crippen molar-refractivity contribution in [1.29, 1.82) is 0 Å². The number of nitrogens with one attached hydrogen (secondary N) is 1. The zero-order valence-corrected chi connectivity index (χ0v) is 13.0. The maximum absolute atomic E-state index is 9.28. The summed E-state index contributed by atoms with van der Waals surface area (Å²) in [6.45, 7) is 3.15. The van der Waals surface area contributed by atoms with Crippen molar-refractivity contribution in [2.24, 2.45) is 10.7 Å². The molecule has 1 aliphatic carbocycles. The van der Waals surface area contributed by atoms with E-state index in [4.69, 9.17) is 5.73 Å². The lowest BCUT2D eigenvalue weighted by atomic mass is 9.90. The smallest absolute Gasteiger partial charge is 0.189 e. The lowest BCUT2D eigenvalue weighted by Gasteiger charge is -2.33. The highest BCUT2D eigenvalue weighted by Crippen LogP contribution is 2.19. The van der Waals surface area contributed by atoms with Gasteiger partial charge in [0.25, 0.3) is 0 Å². The number of hydrogen-bond donors (Lipinski definition) is 3. The molecule has 0 spiro atoms. The number of aliphatic hydroxyl groups excluding tert-OH is 1. The van der Waals surface area contributed by atoms with Gasteiger partial charge in [0, 0.05) is 25.7 Å². The summed E-state index contributed by atoms with van der Waals surface area (Å²) in [5, 5.41) is 12.5. The molecular formula is C17H26N4O. The first kappa shape index (κ1) is 15.3. The number of aliphatic imine (C=N–C) groups is 1. The zero-order chi connectivity index (χ0) is 15.4. The Morgan fingerprint density at radius 1 is 1.23 bits per heavy atom. The number of nitrogens with zero attached hydrogens (tertiary/aromatic N) is 2. The second-order valence-corrected chi connectivity index (χ2v) is 6.47. The molecule has 0 radical (unpaired) electrons. The Bertz CT molecular complexity index is 491. The van der Waals surface area contributed by atoms with Crippen molar-refractivity contribution in [2.75, 3.05) is 13.1 Å². The lowest BCUT2D eigenvalue weighted by Crippen LogP contribution is -2.50. The standard InChI is InChI=1S/C17H26N4O/c18-17(20-15-10-16(22)11-15)19-14-6-8-21(9-7-14)12-13-4-2-1-3-5-13/h1-5,14-16,22H,6-12H2,(H3,18,19,20). The molecule has 0 bridgehead atoms. The van der Waals surface area contributed by atoms with E-state index in [9.17, 15) is 5.11 Å². The van der Waals surface area contributed by atoms with Crippen molar-refractivity contribution in [3.8, 4) is 0 Å². The molecule has 1 heterocycles. The first-order chi connectivity index (χ1) is 10.7. The summed E-state index contributed by atoms with van der Waals surface area (Å²) in [4.78, 5) is 7.08. The number of benzene rings is 1. The maximum atomic E-state index is 9.28. The van der Waals surface area contributed by atoms with Crippen LogP contribution in [0.2, 0.25) is 0 Å². The van der Waals surface area contributed by atoms with E-state index in [1.165, 1.54) is 5.56 Å². The molecule has 2 aliphatic rings. The topological polar surface area (TPSA) is 73.9 Å². The highest BCUT2D eigenvalue weighted by molar-refractivity contribution is 5.78. The fourth-order valence-corrected chi connectivity index (χ4v) is 3.20. The lowest BCUT2D eigenvalue weighted by molar-refractivity contribution is 0.0697. The molecule has 1 aromatic rings. The van der Waals surface area contributed by atoms with Crippen LogP contribution in [0.5, 0.6) is 0 Å². The molecule has 0 aromatic heterocycles. The van der Waals surface area contributed by atoms with Gasteiger partial charge in [-0.25, -0.2) is 0 Å². The molecule has 1 aliphatic heterocycles. The highest BCUT2D eigenvalue weighted by atomic mass is 16.3. The van der Waals surface area contributed by atoms with Gasteiger partial charge in [-0.1, -0.05) is 30.3 Å². The Balaban J connectivity index is 1.41. The zero-order valence-electron chi connectivity index (χ0n) is 13.0. The number of hydrogen-bond acceptors (Lipinski definition) is 3. The Kier molecular flexibility index (Phi) is 4.95. The predicted octanol–water partition coefficient (Wildman–Crippen LogP) is 1.08. The van der Waals surface area contributed by atoms with E-state index >= 15 is 0 Å². The molecular weight excluding hydrogens is 276 g/mol. The number of guanidine groups is 1. The Labute approximate surface area is 132 Å². The molecule has 4 N–H and O–H groups in total. The van der Waals surface area contributed by atoms with Crippen molar-refractivity contribution >= 4 is 5.96 Å². The molecule has 1 saturated carbocycles. The average molecular weight is 302 g/mol. The summed E-state index contributed by atoms with van der Waals surface area (Å²) < 4.78 is 0. The molecule has 2 fully saturated rings. The number of nitrogens with two attached hydrogens (primary N) is 1. The van der Waals surface area contributed by atoms with E-state index in [2.05, 4.69) is 45.5 Å². The van der Waals surface area contributed by atoms with Gasteiger partial charge < -0.3 is 16.2 Å².